The Morgan fingerprint density at radius 2 is 2.03 bits per heavy atom. The average Bonchev–Trinajstić information content (AvgIpc) is 3.14. The monoisotopic (exact) mass is 410 g/mol. The van der Waals surface area contributed by atoms with Gasteiger partial charge in [-0.2, -0.15) is 5.10 Å². The molecular formula is C18H11ClN6O4. The molecule has 11 heteroatoms. The molecule has 2 heterocycles. The van der Waals surface area contributed by atoms with Gasteiger partial charge in [-0.3, -0.25) is 19.7 Å². The van der Waals surface area contributed by atoms with Crippen molar-refractivity contribution in [2.24, 2.45) is 0 Å². The highest BCUT2D eigenvalue weighted by atomic mass is 35.5. The molecule has 0 saturated heterocycles. The first-order chi connectivity index (χ1) is 14.0. The fraction of sp³-hybridized carbons (Fsp3) is 0. The lowest BCUT2D eigenvalue weighted by molar-refractivity contribution is -0.384. The van der Waals surface area contributed by atoms with E-state index in [2.05, 4.69) is 20.4 Å². The topological polar surface area (TPSA) is 136 Å². The summed E-state index contributed by atoms with van der Waals surface area (Å²) in [5.41, 5.74) is 0.526. The average molecular weight is 411 g/mol. The minimum atomic E-state index is -0.661. The molecule has 0 fully saturated rings. The van der Waals surface area contributed by atoms with E-state index in [9.17, 15) is 19.7 Å². The number of hydrogen-bond acceptors (Lipinski definition) is 6. The number of amides is 1. The minimum Gasteiger partial charge on any atom is -0.320 e. The number of rotatable bonds is 4. The Kier molecular flexibility index (Phi) is 4.53. The number of fused-ring (bicyclic) bond motifs is 1. The molecule has 2 N–H and O–H groups in total. The molecule has 0 spiro atoms. The second-order valence-corrected chi connectivity index (χ2v) is 6.33. The first kappa shape index (κ1) is 18.3. The van der Waals surface area contributed by atoms with Gasteiger partial charge < -0.3 is 10.3 Å². The molecule has 1 amide bonds. The van der Waals surface area contributed by atoms with E-state index in [-0.39, 0.29) is 21.8 Å². The van der Waals surface area contributed by atoms with Gasteiger partial charge in [0.2, 0.25) is 0 Å². The van der Waals surface area contributed by atoms with Crippen molar-refractivity contribution in [2.75, 3.05) is 5.32 Å². The number of anilines is 1. The summed E-state index contributed by atoms with van der Waals surface area (Å²) in [6.45, 7) is 0. The molecule has 0 aliphatic heterocycles. The minimum absolute atomic E-state index is 0.0637. The lowest BCUT2D eigenvalue weighted by Crippen LogP contribution is -2.14. The highest BCUT2D eigenvalue weighted by Crippen LogP contribution is 2.27. The highest BCUT2D eigenvalue weighted by molar-refractivity contribution is 6.32. The van der Waals surface area contributed by atoms with Gasteiger partial charge in [0.15, 0.2) is 5.65 Å². The summed E-state index contributed by atoms with van der Waals surface area (Å²) < 4.78 is 1.42. The molecule has 0 aliphatic carbocycles. The van der Waals surface area contributed by atoms with E-state index in [1.54, 1.807) is 24.3 Å². The number of aromatic nitrogens is 4. The van der Waals surface area contributed by atoms with Crippen LogP contribution in [0.5, 0.6) is 0 Å². The van der Waals surface area contributed by atoms with Gasteiger partial charge in [0, 0.05) is 11.6 Å². The first-order valence-corrected chi connectivity index (χ1v) is 8.59. The third kappa shape index (κ3) is 3.32. The molecule has 0 radical (unpaired) electrons. The van der Waals surface area contributed by atoms with E-state index in [1.165, 1.54) is 29.3 Å². The first-order valence-electron chi connectivity index (χ1n) is 8.22. The van der Waals surface area contributed by atoms with Crippen LogP contribution in [0.25, 0.3) is 16.7 Å². The van der Waals surface area contributed by atoms with Crippen LogP contribution >= 0.6 is 11.6 Å². The molecule has 0 saturated carbocycles. The molecule has 0 bridgehead atoms. The van der Waals surface area contributed by atoms with Crippen LogP contribution in [0.1, 0.15) is 10.4 Å². The summed E-state index contributed by atoms with van der Waals surface area (Å²) in [7, 11) is 0. The predicted molar refractivity (Wildman–Crippen MR) is 106 cm³/mol. The second-order valence-electron chi connectivity index (χ2n) is 5.92. The van der Waals surface area contributed by atoms with Gasteiger partial charge in [-0.25, -0.2) is 9.67 Å². The van der Waals surface area contributed by atoms with Crippen molar-refractivity contribution in [1.29, 1.82) is 0 Å². The number of carbonyl (C=O) groups excluding carboxylic acids is 1. The quantitative estimate of drug-likeness (QED) is 0.392. The van der Waals surface area contributed by atoms with Crippen molar-refractivity contribution in [3.63, 3.8) is 0 Å². The van der Waals surface area contributed by atoms with Crippen molar-refractivity contribution in [1.82, 2.24) is 19.7 Å². The van der Waals surface area contributed by atoms with Crippen LogP contribution < -0.4 is 10.9 Å². The number of nitrogens with zero attached hydrogens (tertiary/aromatic N) is 4. The Balaban J connectivity index is 1.74. The van der Waals surface area contributed by atoms with E-state index in [4.69, 9.17) is 11.6 Å². The molecule has 29 heavy (non-hydrogen) atoms. The standard InChI is InChI=1S/C18H11ClN6O4/c19-12-6-5-10(7-15(12)25(28)29)17(26)23-13-3-1-2-4-14(13)24-16-11(8-22-24)18(27)21-9-20-16/h1-9H,(H,23,26)(H,20,21,27). The van der Waals surface area contributed by atoms with Gasteiger partial charge in [-0.15, -0.1) is 0 Å². The van der Waals surface area contributed by atoms with Crippen LogP contribution in [-0.2, 0) is 0 Å². The van der Waals surface area contributed by atoms with Gasteiger partial charge in [0.1, 0.15) is 10.4 Å². The summed E-state index contributed by atoms with van der Waals surface area (Å²) in [5, 5.41) is 18.2. The maximum absolute atomic E-state index is 12.7. The van der Waals surface area contributed by atoms with Crippen LogP contribution in [0.3, 0.4) is 0 Å². The number of nitrogens with one attached hydrogen (secondary N) is 2. The van der Waals surface area contributed by atoms with E-state index >= 15 is 0 Å². The summed E-state index contributed by atoms with van der Waals surface area (Å²) in [4.78, 5) is 41.6. The molecule has 4 rings (SSSR count). The molecule has 2 aromatic heterocycles. The number of H-pyrrole nitrogens is 1. The Bertz CT molecular complexity index is 1330. The molecule has 2 aromatic carbocycles. The molecule has 0 unspecified atom stereocenters. The van der Waals surface area contributed by atoms with Crippen molar-refractivity contribution in [3.8, 4) is 5.69 Å². The Labute approximate surface area is 166 Å². The van der Waals surface area contributed by atoms with E-state index in [0.717, 1.165) is 6.07 Å². The van der Waals surface area contributed by atoms with Gasteiger partial charge in [0.25, 0.3) is 17.2 Å². The van der Waals surface area contributed by atoms with E-state index < -0.39 is 10.8 Å². The highest BCUT2D eigenvalue weighted by Gasteiger charge is 2.18. The van der Waals surface area contributed by atoms with Crippen molar-refractivity contribution < 1.29 is 9.72 Å². The molecular weight excluding hydrogens is 400 g/mol. The fourth-order valence-corrected chi connectivity index (χ4v) is 2.97. The molecule has 0 atom stereocenters. The number of benzene rings is 2. The van der Waals surface area contributed by atoms with Gasteiger partial charge in [-0.1, -0.05) is 23.7 Å². The van der Waals surface area contributed by atoms with Gasteiger partial charge >= 0.3 is 0 Å². The zero-order chi connectivity index (χ0) is 20.5. The Hall–Kier alpha value is -4.05. The van der Waals surface area contributed by atoms with Crippen molar-refractivity contribution in [3.05, 3.63) is 86.0 Å². The third-order valence-corrected chi connectivity index (χ3v) is 4.48. The number of nitro benzene ring substituents is 1. The largest absolute Gasteiger partial charge is 0.320 e. The lowest BCUT2D eigenvalue weighted by atomic mass is 10.1. The van der Waals surface area contributed by atoms with Crippen LogP contribution in [0.4, 0.5) is 11.4 Å². The summed E-state index contributed by atoms with van der Waals surface area (Å²) in [5.74, 6) is -0.570. The second kappa shape index (κ2) is 7.17. The van der Waals surface area contributed by atoms with E-state index in [0.29, 0.717) is 22.4 Å². The summed E-state index contributed by atoms with van der Waals surface area (Å²) >= 11 is 5.80. The smallest absolute Gasteiger partial charge is 0.288 e. The lowest BCUT2D eigenvalue weighted by Gasteiger charge is -2.11. The van der Waals surface area contributed by atoms with Crippen LogP contribution in [0, 0.1) is 10.1 Å². The van der Waals surface area contributed by atoms with Gasteiger partial charge in [-0.05, 0) is 24.3 Å². The molecule has 10 nitrogen and oxygen atoms in total. The molecule has 144 valence electrons. The zero-order valence-corrected chi connectivity index (χ0v) is 15.3. The van der Waals surface area contributed by atoms with Crippen LogP contribution in [0.15, 0.2) is 59.8 Å². The van der Waals surface area contributed by atoms with Gasteiger partial charge in [0.05, 0.1) is 28.8 Å². The van der Waals surface area contributed by atoms with Crippen molar-refractivity contribution in [2.45, 2.75) is 0 Å². The predicted octanol–water partition coefficient (Wildman–Crippen LogP) is 2.92. The SMILES string of the molecule is O=C(Nc1ccccc1-n1ncc2c(=O)[nH]cnc21)c1ccc(Cl)c([N+](=O)[O-])c1. The maximum atomic E-state index is 12.7. The number of para-hydroxylation sites is 2. The van der Waals surface area contributed by atoms with Crippen LogP contribution in [0.2, 0.25) is 5.02 Å². The number of nitro groups is 1. The van der Waals surface area contributed by atoms with Crippen LogP contribution in [-0.4, -0.2) is 30.6 Å². The normalized spacial score (nSPS) is 10.8. The molecule has 4 aromatic rings. The number of halogens is 1. The maximum Gasteiger partial charge on any atom is 0.288 e. The van der Waals surface area contributed by atoms with Crippen molar-refractivity contribution >= 4 is 39.9 Å². The van der Waals surface area contributed by atoms with E-state index in [1.807, 2.05) is 0 Å². The Morgan fingerprint density at radius 3 is 2.83 bits per heavy atom. The summed E-state index contributed by atoms with van der Waals surface area (Å²) in [6, 6.07) is 10.5. The fourth-order valence-electron chi connectivity index (χ4n) is 2.78. The number of aromatic amines is 1. The third-order valence-electron chi connectivity index (χ3n) is 4.16. The number of carbonyl (C=O) groups is 1. The Morgan fingerprint density at radius 1 is 1.24 bits per heavy atom. The summed E-state index contributed by atoms with van der Waals surface area (Å²) in [6.07, 6.45) is 2.64. The zero-order valence-electron chi connectivity index (χ0n) is 14.5. The molecule has 0 aliphatic rings. The number of hydrogen-bond donors (Lipinski definition) is 2.